The van der Waals surface area contributed by atoms with E-state index in [0.717, 1.165) is 30.6 Å². The van der Waals surface area contributed by atoms with Crippen molar-refractivity contribution in [2.45, 2.75) is 50.3 Å². The molecule has 1 aliphatic carbocycles. The van der Waals surface area contributed by atoms with Crippen LogP contribution in [0.25, 0.3) is 0 Å². The van der Waals surface area contributed by atoms with Crippen LogP contribution in [-0.4, -0.2) is 85.2 Å². The molecule has 0 radical (unpaired) electrons. The van der Waals surface area contributed by atoms with Gasteiger partial charge in [-0.15, -0.1) is 5.10 Å². The van der Waals surface area contributed by atoms with Gasteiger partial charge in [0.25, 0.3) is 0 Å². The molecular weight excluding hydrogens is 513 g/mol. The number of rotatable bonds is 4. The fourth-order valence-electron chi connectivity index (χ4n) is 6.23. The van der Waals surface area contributed by atoms with Crippen LogP contribution >= 0.6 is 0 Å². The van der Waals surface area contributed by atoms with E-state index in [9.17, 15) is 9.18 Å². The number of aromatic nitrogens is 1. The summed E-state index contributed by atoms with van der Waals surface area (Å²) in [6.07, 6.45) is 7.42. The van der Waals surface area contributed by atoms with E-state index >= 15 is 0 Å². The summed E-state index contributed by atoms with van der Waals surface area (Å²) in [7, 11) is 1.40. The van der Waals surface area contributed by atoms with Crippen molar-refractivity contribution < 1.29 is 18.7 Å². The van der Waals surface area contributed by atoms with E-state index in [0.29, 0.717) is 38.3 Å². The Bertz CT molecular complexity index is 1410. The Labute approximate surface area is 232 Å². The van der Waals surface area contributed by atoms with Gasteiger partial charge >= 0.3 is 0 Å². The zero-order valence-corrected chi connectivity index (χ0v) is 22.7. The molecule has 10 nitrogen and oxygen atoms in total. The molecule has 4 aliphatic rings. The van der Waals surface area contributed by atoms with E-state index < -0.39 is 5.82 Å². The highest BCUT2D eigenvalue weighted by atomic mass is 19.1. The Hall–Kier alpha value is -3.88. The standard InChI is InChI=1S/C29H32FN7O3/c1-18-7-8-33-34-17-37(18)26-11-19-3-5-22(24(19)13-32-26)29(38)36-10-9-35-15-25(40-16-21(35)14-36)23-6-4-20(12-31)27(30)28(23)39-2/h4,6,8,11,13,17-18,21-22,25H,3,5,7,9-10,14-16H2,1-2H3/t18-,21+,22?,25?/m1/s1. The van der Waals surface area contributed by atoms with Gasteiger partial charge in [0.05, 0.1) is 37.3 Å². The third-order valence-corrected chi connectivity index (χ3v) is 8.50. The second-order valence-corrected chi connectivity index (χ2v) is 10.8. The summed E-state index contributed by atoms with van der Waals surface area (Å²) in [6, 6.07) is 7.37. The Morgan fingerprint density at radius 2 is 2.10 bits per heavy atom. The zero-order chi connectivity index (χ0) is 27.8. The topological polar surface area (TPSA) is 107 Å². The maximum absolute atomic E-state index is 14.7. The fraction of sp³-hybridized carbons (Fsp3) is 0.483. The van der Waals surface area contributed by atoms with E-state index in [4.69, 9.17) is 19.7 Å². The number of ether oxygens (including phenoxy) is 2. The lowest BCUT2D eigenvalue weighted by atomic mass is 9.98. The second kappa shape index (κ2) is 10.9. The molecule has 1 amide bonds. The number of morpholine rings is 1. The van der Waals surface area contributed by atoms with Gasteiger partial charge in [-0.25, -0.2) is 9.37 Å². The predicted molar refractivity (Wildman–Crippen MR) is 147 cm³/mol. The van der Waals surface area contributed by atoms with Gasteiger partial charge in [0.15, 0.2) is 11.6 Å². The largest absolute Gasteiger partial charge is 0.493 e. The van der Waals surface area contributed by atoms with Crippen LogP contribution in [0.2, 0.25) is 0 Å². The smallest absolute Gasteiger partial charge is 0.230 e. The molecular formula is C29H32FN7O3. The average molecular weight is 546 g/mol. The van der Waals surface area contributed by atoms with Gasteiger partial charge in [0, 0.05) is 56.6 Å². The van der Waals surface area contributed by atoms with Crippen LogP contribution in [-0.2, 0) is 16.0 Å². The molecule has 0 bridgehead atoms. The van der Waals surface area contributed by atoms with Crippen molar-refractivity contribution in [1.82, 2.24) is 14.8 Å². The number of pyridine rings is 1. The lowest BCUT2D eigenvalue weighted by Gasteiger charge is -2.46. The molecule has 1 aromatic carbocycles. The van der Waals surface area contributed by atoms with Gasteiger partial charge in [-0.3, -0.25) is 9.69 Å². The predicted octanol–water partition coefficient (Wildman–Crippen LogP) is 3.03. The van der Waals surface area contributed by atoms with Crippen molar-refractivity contribution in [3.8, 4) is 11.8 Å². The second-order valence-electron chi connectivity index (χ2n) is 10.8. The van der Waals surface area contributed by atoms with Crippen molar-refractivity contribution in [1.29, 1.82) is 5.26 Å². The monoisotopic (exact) mass is 545 g/mol. The van der Waals surface area contributed by atoms with Crippen LogP contribution in [0.15, 0.2) is 34.6 Å². The molecule has 208 valence electrons. The van der Waals surface area contributed by atoms with Gasteiger partial charge in [0.2, 0.25) is 5.91 Å². The first-order valence-corrected chi connectivity index (χ1v) is 13.7. The van der Waals surface area contributed by atoms with Gasteiger partial charge in [-0.1, -0.05) is 6.07 Å². The van der Waals surface area contributed by atoms with Crippen LogP contribution < -0.4 is 9.64 Å². The van der Waals surface area contributed by atoms with Crippen LogP contribution in [0.1, 0.15) is 54.0 Å². The van der Waals surface area contributed by atoms with E-state index in [1.807, 2.05) is 28.3 Å². The number of hydrogen-bond acceptors (Lipinski definition) is 9. The number of anilines is 1. The first kappa shape index (κ1) is 26.3. The van der Waals surface area contributed by atoms with Crippen molar-refractivity contribution >= 4 is 24.3 Å². The number of nitriles is 1. The fourth-order valence-corrected chi connectivity index (χ4v) is 6.23. The van der Waals surface area contributed by atoms with Gasteiger partial charge in [-0.05, 0) is 43.0 Å². The number of aryl methyl sites for hydroxylation is 1. The summed E-state index contributed by atoms with van der Waals surface area (Å²) in [5, 5.41) is 17.2. The first-order valence-electron chi connectivity index (χ1n) is 13.7. The lowest BCUT2D eigenvalue weighted by molar-refractivity contribution is -0.141. The number of carbonyl (C=O) groups excluding carboxylic acids is 1. The normalized spacial score (nSPS) is 26.1. The Balaban J connectivity index is 1.11. The number of halogens is 1. The van der Waals surface area contributed by atoms with E-state index in [1.165, 1.54) is 18.7 Å². The van der Waals surface area contributed by atoms with Gasteiger partial charge in [-0.2, -0.15) is 10.4 Å². The summed E-state index contributed by atoms with van der Waals surface area (Å²) >= 11 is 0. The molecule has 2 saturated heterocycles. The van der Waals surface area contributed by atoms with Crippen LogP contribution in [0.3, 0.4) is 0 Å². The SMILES string of the molecule is COc1c(C2CN3CCN(C(=O)C4CCc5cc(N6C=NN=CC[C@H]6C)ncc54)C[C@H]3CO2)ccc(C#N)c1F. The number of methoxy groups -OCH3 is 1. The lowest BCUT2D eigenvalue weighted by Crippen LogP contribution is -2.60. The molecule has 4 atom stereocenters. The number of carbonyl (C=O) groups is 1. The van der Waals surface area contributed by atoms with Crippen molar-refractivity contribution in [3.63, 3.8) is 0 Å². The molecule has 0 spiro atoms. The Kier molecular flexibility index (Phi) is 7.21. The average Bonchev–Trinajstić information content (AvgIpc) is 3.28. The molecule has 4 heterocycles. The van der Waals surface area contributed by atoms with Crippen LogP contribution in [0.5, 0.6) is 5.75 Å². The van der Waals surface area contributed by atoms with Crippen LogP contribution in [0, 0.1) is 17.1 Å². The molecule has 0 saturated carbocycles. The number of amides is 1. The molecule has 2 aromatic rings. The molecule has 3 aliphatic heterocycles. The molecule has 1 aromatic heterocycles. The Morgan fingerprint density at radius 1 is 1.23 bits per heavy atom. The number of fused-ring (bicyclic) bond motifs is 2. The number of piperazine rings is 1. The van der Waals surface area contributed by atoms with Crippen molar-refractivity contribution in [2.75, 3.05) is 44.8 Å². The highest BCUT2D eigenvalue weighted by molar-refractivity contribution is 5.86. The minimum atomic E-state index is -0.662. The number of nitrogens with zero attached hydrogens (tertiary/aromatic N) is 7. The third kappa shape index (κ3) is 4.71. The van der Waals surface area contributed by atoms with E-state index in [2.05, 4.69) is 28.1 Å². The van der Waals surface area contributed by atoms with Crippen LogP contribution in [0.4, 0.5) is 10.2 Å². The highest BCUT2D eigenvalue weighted by Crippen LogP contribution is 2.38. The summed E-state index contributed by atoms with van der Waals surface area (Å²) < 4.78 is 26.1. The molecule has 40 heavy (non-hydrogen) atoms. The molecule has 11 heteroatoms. The Morgan fingerprint density at radius 3 is 2.92 bits per heavy atom. The molecule has 0 N–H and O–H groups in total. The number of benzene rings is 1. The zero-order valence-electron chi connectivity index (χ0n) is 22.7. The first-order chi connectivity index (χ1) is 19.5. The van der Waals surface area contributed by atoms with Crippen molar-refractivity contribution in [2.24, 2.45) is 10.2 Å². The maximum atomic E-state index is 14.7. The third-order valence-electron chi connectivity index (χ3n) is 8.50. The summed E-state index contributed by atoms with van der Waals surface area (Å²) in [5.74, 6) is 0.174. The minimum Gasteiger partial charge on any atom is -0.493 e. The van der Waals surface area contributed by atoms with Gasteiger partial charge in [0.1, 0.15) is 18.2 Å². The maximum Gasteiger partial charge on any atom is 0.230 e. The van der Waals surface area contributed by atoms with Crippen molar-refractivity contribution in [3.05, 3.63) is 52.5 Å². The molecule has 6 rings (SSSR count). The summed E-state index contributed by atoms with van der Waals surface area (Å²) in [5.41, 5.74) is 2.72. The summed E-state index contributed by atoms with van der Waals surface area (Å²) in [6.45, 7) is 5.02. The molecule has 2 unspecified atom stereocenters. The molecule has 2 fully saturated rings. The number of hydrogen-bond donors (Lipinski definition) is 0. The van der Waals surface area contributed by atoms with E-state index in [1.54, 1.807) is 12.4 Å². The minimum absolute atomic E-state index is 0.0544. The highest BCUT2D eigenvalue weighted by Gasteiger charge is 2.40. The van der Waals surface area contributed by atoms with E-state index in [-0.39, 0.29) is 41.3 Å². The summed E-state index contributed by atoms with van der Waals surface area (Å²) in [4.78, 5) is 24.7. The van der Waals surface area contributed by atoms with Gasteiger partial charge < -0.3 is 19.3 Å². The quantitative estimate of drug-likeness (QED) is 0.581.